The van der Waals surface area contributed by atoms with Crippen molar-refractivity contribution in [3.63, 3.8) is 0 Å². The minimum absolute atomic E-state index is 0.161. The highest BCUT2D eigenvalue weighted by molar-refractivity contribution is 6.09. The zero-order valence-electron chi connectivity index (χ0n) is 8.38. The third-order valence-electron chi connectivity index (χ3n) is 2.19. The summed E-state index contributed by atoms with van der Waals surface area (Å²) in [5, 5.41) is 8.82. The first-order valence-corrected chi connectivity index (χ1v) is 4.35. The van der Waals surface area contributed by atoms with Crippen molar-refractivity contribution < 1.29 is 29.1 Å². The summed E-state index contributed by atoms with van der Waals surface area (Å²) in [5.41, 5.74) is -1.83. The van der Waals surface area contributed by atoms with Crippen LogP contribution in [0, 0.1) is 0 Å². The zero-order valence-corrected chi connectivity index (χ0v) is 8.38. The molecule has 86 valence electrons. The highest BCUT2D eigenvalue weighted by Crippen LogP contribution is 2.19. The van der Waals surface area contributed by atoms with Crippen LogP contribution in [-0.2, 0) is 0 Å². The molecule has 17 heavy (non-hydrogen) atoms. The van der Waals surface area contributed by atoms with E-state index in [4.69, 9.17) is 5.11 Å². The van der Waals surface area contributed by atoms with Crippen molar-refractivity contribution in [2.24, 2.45) is 0 Å². The summed E-state index contributed by atoms with van der Waals surface area (Å²) < 4.78 is 0. The number of hydrogen-bond acceptors (Lipinski definition) is 5. The molecule has 0 spiro atoms. The van der Waals surface area contributed by atoms with E-state index in [2.05, 4.69) is 0 Å². The first-order chi connectivity index (χ1) is 8.10. The van der Waals surface area contributed by atoms with Gasteiger partial charge in [0.05, 0.1) is 5.56 Å². The molecule has 0 aliphatic rings. The lowest BCUT2D eigenvalue weighted by Crippen LogP contribution is -2.10. The maximum atomic E-state index is 10.8. The molecule has 0 amide bonds. The Kier molecular flexibility index (Phi) is 3.61. The fourth-order valence-corrected chi connectivity index (χ4v) is 1.42. The minimum atomic E-state index is -1.46. The second-order valence-electron chi connectivity index (χ2n) is 3.03. The van der Waals surface area contributed by atoms with E-state index >= 15 is 0 Å². The summed E-state index contributed by atoms with van der Waals surface area (Å²) in [6.45, 7) is 0. The molecule has 1 aromatic rings. The number of aldehydes is 4. The van der Waals surface area contributed by atoms with Crippen molar-refractivity contribution >= 4 is 31.1 Å². The number of carbonyl (C=O) groups excluding carboxylic acids is 4. The Morgan fingerprint density at radius 3 is 1.76 bits per heavy atom. The Morgan fingerprint density at radius 2 is 1.41 bits per heavy atom. The molecule has 1 rings (SSSR count). The molecule has 0 fully saturated rings. The molecule has 6 nitrogen and oxygen atoms in total. The highest BCUT2D eigenvalue weighted by atomic mass is 16.4. The van der Waals surface area contributed by atoms with Crippen LogP contribution in [-0.4, -0.2) is 36.2 Å². The monoisotopic (exact) mass is 234 g/mol. The summed E-state index contributed by atoms with van der Waals surface area (Å²) in [5.74, 6) is -1.46. The summed E-state index contributed by atoms with van der Waals surface area (Å²) in [4.78, 5) is 53.8. The molecule has 0 saturated heterocycles. The van der Waals surface area contributed by atoms with Gasteiger partial charge < -0.3 is 5.11 Å². The van der Waals surface area contributed by atoms with Crippen LogP contribution in [0.2, 0.25) is 0 Å². The van der Waals surface area contributed by atoms with E-state index in [0.717, 1.165) is 6.07 Å². The van der Waals surface area contributed by atoms with Gasteiger partial charge >= 0.3 is 5.97 Å². The maximum Gasteiger partial charge on any atom is 0.336 e. The Labute approximate surface area is 94.9 Å². The van der Waals surface area contributed by atoms with Gasteiger partial charge in [0.15, 0.2) is 25.1 Å². The van der Waals surface area contributed by atoms with E-state index in [9.17, 15) is 24.0 Å². The largest absolute Gasteiger partial charge is 0.478 e. The predicted molar refractivity (Wildman–Crippen MR) is 55.0 cm³/mol. The lowest BCUT2D eigenvalue weighted by Gasteiger charge is -2.07. The molecular formula is C11H6O6. The second kappa shape index (κ2) is 4.93. The molecule has 6 heteroatoms. The smallest absolute Gasteiger partial charge is 0.336 e. The number of carboxylic acid groups (broad SMARTS) is 1. The third-order valence-corrected chi connectivity index (χ3v) is 2.19. The van der Waals surface area contributed by atoms with Crippen LogP contribution in [0.4, 0.5) is 0 Å². The van der Waals surface area contributed by atoms with Crippen LogP contribution in [0.15, 0.2) is 6.07 Å². The SMILES string of the molecule is O=Cc1cc(C(=O)O)c(C=O)c(C=O)c1C=O. The van der Waals surface area contributed by atoms with E-state index in [1.54, 1.807) is 0 Å². The molecule has 0 atom stereocenters. The Bertz CT molecular complexity index is 529. The second-order valence-corrected chi connectivity index (χ2v) is 3.03. The molecule has 1 aromatic carbocycles. The fourth-order valence-electron chi connectivity index (χ4n) is 1.42. The van der Waals surface area contributed by atoms with Crippen molar-refractivity contribution in [1.82, 2.24) is 0 Å². The van der Waals surface area contributed by atoms with Gasteiger partial charge in [-0.1, -0.05) is 0 Å². The van der Waals surface area contributed by atoms with Crippen molar-refractivity contribution in [3.05, 3.63) is 33.9 Å². The standard InChI is InChI=1S/C11H6O6/c12-2-6-1-7(11(16)17)9(4-14)10(5-15)8(6)3-13/h1-5H,(H,16,17). The van der Waals surface area contributed by atoms with E-state index in [0.29, 0.717) is 0 Å². The molecule has 0 aromatic heterocycles. The highest BCUT2D eigenvalue weighted by Gasteiger charge is 2.20. The number of rotatable bonds is 5. The van der Waals surface area contributed by atoms with Crippen molar-refractivity contribution in [1.29, 1.82) is 0 Å². The van der Waals surface area contributed by atoms with Crippen molar-refractivity contribution in [3.8, 4) is 0 Å². The van der Waals surface area contributed by atoms with Crippen LogP contribution in [0.5, 0.6) is 0 Å². The topological polar surface area (TPSA) is 106 Å². The minimum Gasteiger partial charge on any atom is -0.478 e. The number of carbonyl (C=O) groups is 5. The van der Waals surface area contributed by atoms with Gasteiger partial charge in [-0.15, -0.1) is 0 Å². The van der Waals surface area contributed by atoms with Gasteiger partial charge in [0.1, 0.15) is 0 Å². The maximum absolute atomic E-state index is 10.8. The van der Waals surface area contributed by atoms with Gasteiger partial charge in [-0.25, -0.2) is 4.79 Å². The molecule has 1 N–H and O–H groups in total. The van der Waals surface area contributed by atoms with Crippen LogP contribution in [0.25, 0.3) is 0 Å². The normalized spacial score (nSPS) is 9.41. The number of benzene rings is 1. The van der Waals surface area contributed by atoms with Crippen LogP contribution in [0.3, 0.4) is 0 Å². The zero-order chi connectivity index (χ0) is 13.0. The van der Waals surface area contributed by atoms with Crippen LogP contribution < -0.4 is 0 Å². The molecule has 0 aliphatic carbocycles. The van der Waals surface area contributed by atoms with E-state index in [1.807, 2.05) is 0 Å². The summed E-state index contributed by atoms with van der Waals surface area (Å²) >= 11 is 0. The summed E-state index contributed by atoms with van der Waals surface area (Å²) in [7, 11) is 0. The average molecular weight is 234 g/mol. The number of aromatic carboxylic acids is 1. The molecule has 0 heterocycles. The molecular weight excluding hydrogens is 228 g/mol. The van der Waals surface area contributed by atoms with E-state index in [1.165, 1.54) is 0 Å². The predicted octanol–water partition coefficient (Wildman–Crippen LogP) is 0.635. The Hall–Kier alpha value is -2.63. The van der Waals surface area contributed by atoms with E-state index in [-0.39, 0.29) is 36.3 Å². The lowest BCUT2D eigenvalue weighted by atomic mass is 9.93. The van der Waals surface area contributed by atoms with Crippen LogP contribution >= 0.6 is 0 Å². The quantitative estimate of drug-likeness (QED) is 0.749. The molecule has 0 bridgehead atoms. The van der Waals surface area contributed by atoms with Gasteiger partial charge in [-0.05, 0) is 6.07 Å². The number of carboxylic acids is 1. The molecule has 0 unspecified atom stereocenters. The first kappa shape index (κ1) is 12.4. The van der Waals surface area contributed by atoms with Crippen LogP contribution in [0.1, 0.15) is 51.8 Å². The van der Waals surface area contributed by atoms with Gasteiger partial charge in [0.25, 0.3) is 0 Å². The lowest BCUT2D eigenvalue weighted by molar-refractivity contribution is 0.0693. The average Bonchev–Trinajstić information content (AvgIpc) is 2.35. The van der Waals surface area contributed by atoms with Gasteiger partial charge in [0.2, 0.25) is 0 Å². The van der Waals surface area contributed by atoms with Gasteiger partial charge in [-0.2, -0.15) is 0 Å². The van der Waals surface area contributed by atoms with Gasteiger partial charge in [-0.3, -0.25) is 19.2 Å². The fraction of sp³-hybridized carbons (Fsp3) is 0. The van der Waals surface area contributed by atoms with Crippen molar-refractivity contribution in [2.45, 2.75) is 0 Å². The van der Waals surface area contributed by atoms with Gasteiger partial charge in [0, 0.05) is 22.3 Å². The third kappa shape index (κ3) is 2.00. The molecule has 0 aliphatic heterocycles. The molecule has 0 saturated carbocycles. The van der Waals surface area contributed by atoms with E-state index < -0.39 is 22.7 Å². The molecule has 0 radical (unpaired) electrons. The summed E-state index contributed by atoms with van der Waals surface area (Å²) in [6, 6.07) is 0.885. The summed E-state index contributed by atoms with van der Waals surface area (Å²) in [6.07, 6.45) is 0.811. The van der Waals surface area contributed by atoms with Crippen molar-refractivity contribution in [2.75, 3.05) is 0 Å². The Morgan fingerprint density at radius 1 is 0.882 bits per heavy atom. The first-order valence-electron chi connectivity index (χ1n) is 4.35. The Balaban J connectivity index is 3.84. The number of hydrogen-bond donors (Lipinski definition) is 1.